The Morgan fingerprint density at radius 2 is 1.71 bits per heavy atom. The Morgan fingerprint density at radius 3 is 2.12 bits per heavy atom. The van der Waals surface area contributed by atoms with Gasteiger partial charge in [0.1, 0.15) is 0 Å². The number of hydrogen-bond acceptors (Lipinski definition) is 2. The Balaban J connectivity index is 3.91. The second-order valence-electron chi connectivity index (χ2n) is 5.37. The van der Waals surface area contributed by atoms with Gasteiger partial charge in [-0.2, -0.15) is 0 Å². The summed E-state index contributed by atoms with van der Waals surface area (Å²) in [6, 6.07) is 0. The minimum atomic E-state index is -0.414. The van der Waals surface area contributed by atoms with Gasteiger partial charge in [0, 0.05) is 13.0 Å². The van der Waals surface area contributed by atoms with E-state index in [0.717, 1.165) is 12.8 Å². The third-order valence-corrected chi connectivity index (χ3v) is 3.75. The molecule has 17 heavy (non-hydrogen) atoms. The summed E-state index contributed by atoms with van der Waals surface area (Å²) in [5.41, 5.74) is 0. The van der Waals surface area contributed by atoms with Gasteiger partial charge in [-0.1, -0.05) is 47.5 Å². The summed E-state index contributed by atoms with van der Waals surface area (Å²) in [6.45, 7) is 10.9. The van der Waals surface area contributed by atoms with Crippen LogP contribution in [0, 0.1) is 17.8 Å². The lowest BCUT2D eigenvalue weighted by molar-refractivity contribution is -0.122. The molecule has 102 valence electrons. The molecule has 2 unspecified atom stereocenters. The van der Waals surface area contributed by atoms with Gasteiger partial charge in [0.15, 0.2) is 0 Å². The quantitative estimate of drug-likeness (QED) is 0.688. The summed E-state index contributed by atoms with van der Waals surface area (Å²) in [4.78, 5) is 11.6. The van der Waals surface area contributed by atoms with Crippen LogP contribution in [0.3, 0.4) is 0 Å². The van der Waals surface area contributed by atoms with E-state index in [9.17, 15) is 9.90 Å². The molecule has 0 rings (SSSR count). The molecule has 0 heterocycles. The first-order valence-corrected chi connectivity index (χ1v) is 6.87. The molecule has 0 aromatic rings. The molecule has 0 saturated carbocycles. The lowest BCUT2D eigenvalue weighted by atomic mass is 9.94. The average molecular weight is 243 g/mol. The van der Waals surface area contributed by atoms with Crippen LogP contribution in [-0.4, -0.2) is 23.7 Å². The molecule has 0 fully saturated rings. The van der Waals surface area contributed by atoms with Crippen molar-refractivity contribution in [3.05, 3.63) is 0 Å². The van der Waals surface area contributed by atoms with E-state index in [-0.39, 0.29) is 11.8 Å². The summed E-state index contributed by atoms with van der Waals surface area (Å²) < 4.78 is 0. The van der Waals surface area contributed by atoms with E-state index in [1.54, 1.807) is 0 Å². The van der Waals surface area contributed by atoms with Crippen LogP contribution in [0.1, 0.15) is 53.9 Å². The zero-order valence-electron chi connectivity index (χ0n) is 12.0. The fourth-order valence-electron chi connectivity index (χ4n) is 1.82. The largest absolute Gasteiger partial charge is 0.391 e. The molecular weight excluding hydrogens is 214 g/mol. The van der Waals surface area contributed by atoms with Crippen molar-refractivity contribution in [2.24, 2.45) is 17.8 Å². The summed E-state index contributed by atoms with van der Waals surface area (Å²) in [6.07, 6.45) is 2.04. The Morgan fingerprint density at radius 1 is 1.18 bits per heavy atom. The van der Waals surface area contributed by atoms with Crippen LogP contribution in [0.5, 0.6) is 0 Å². The lowest BCUT2D eigenvalue weighted by Gasteiger charge is -2.21. The number of carbonyl (C=O) groups excluding carboxylic acids is 1. The predicted octanol–water partition coefficient (Wildman–Crippen LogP) is 2.58. The van der Waals surface area contributed by atoms with Gasteiger partial charge in [-0.25, -0.2) is 0 Å². The highest BCUT2D eigenvalue weighted by atomic mass is 16.3. The average Bonchev–Trinajstić information content (AvgIpc) is 2.27. The van der Waals surface area contributed by atoms with Gasteiger partial charge >= 0.3 is 0 Å². The van der Waals surface area contributed by atoms with Crippen molar-refractivity contribution < 1.29 is 9.90 Å². The molecule has 0 radical (unpaired) electrons. The second kappa shape index (κ2) is 8.51. The minimum Gasteiger partial charge on any atom is -0.391 e. The normalized spacial score (nSPS) is 15.1. The molecule has 0 aliphatic heterocycles. The van der Waals surface area contributed by atoms with E-state index >= 15 is 0 Å². The highest BCUT2D eigenvalue weighted by Gasteiger charge is 2.17. The third-order valence-electron chi connectivity index (χ3n) is 3.75. The first-order chi connectivity index (χ1) is 7.92. The Hall–Kier alpha value is -0.570. The van der Waals surface area contributed by atoms with Crippen LogP contribution in [-0.2, 0) is 4.79 Å². The highest BCUT2D eigenvalue weighted by molar-refractivity contribution is 5.76. The third kappa shape index (κ3) is 6.67. The van der Waals surface area contributed by atoms with Gasteiger partial charge < -0.3 is 10.4 Å². The van der Waals surface area contributed by atoms with E-state index in [0.29, 0.717) is 24.8 Å². The van der Waals surface area contributed by atoms with Crippen LogP contribution >= 0.6 is 0 Å². The molecule has 0 aliphatic carbocycles. The second-order valence-corrected chi connectivity index (χ2v) is 5.37. The van der Waals surface area contributed by atoms with Gasteiger partial charge in [-0.05, 0) is 17.8 Å². The number of aliphatic hydroxyl groups is 1. The number of rotatable bonds is 8. The van der Waals surface area contributed by atoms with Crippen molar-refractivity contribution >= 4 is 5.91 Å². The van der Waals surface area contributed by atoms with Crippen LogP contribution in [0.25, 0.3) is 0 Å². The monoisotopic (exact) mass is 243 g/mol. The van der Waals surface area contributed by atoms with Gasteiger partial charge in [0.2, 0.25) is 5.91 Å². The maximum Gasteiger partial charge on any atom is 0.220 e. The molecule has 1 amide bonds. The summed E-state index contributed by atoms with van der Waals surface area (Å²) in [7, 11) is 0. The van der Waals surface area contributed by atoms with Gasteiger partial charge in [-0.15, -0.1) is 0 Å². The standard InChI is InChI=1S/C14H29NO2/c1-6-12(7-2)13(16)9-15-14(17)8-11(5)10(3)4/h10-13,16H,6-9H2,1-5H3,(H,15,17). The molecule has 0 aromatic carbocycles. The molecule has 0 saturated heterocycles. The van der Waals surface area contributed by atoms with Crippen LogP contribution in [0.4, 0.5) is 0 Å². The maximum atomic E-state index is 11.6. The van der Waals surface area contributed by atoms with E-state index in [1.807, 2.05) is 0 Å². The smallest absolute Gasteiger partial charge is 0.220 e. The molecule has 0 aromatic heterocycles. The lowest BCUT2D eigenvalue weighted by Crippen LogP contribution is -2.36. The summed E-state index contributed by atoms with van der Waals surface area (Å²) in [5.74, 6) is 1.25. The minimum absolute atomic E-state index is 0.0520. The summed E-state index contributed by atoms with van der Waals surface area (Å²) >= 11 is 0. The summed E-state index contributed by atoms with van der Waals surface area (Å²) in [5, 5.41) is 12.7. The SMILES string of the molecule is CCC(CC)C(O)CNC(=O)CC(C)C(C)C. The van der Waals surface area contributed by atoms with Crippen molar-refractivity contribution in [1.29, 1.82) is 0 Å². The molecule has 0 aliphatic rings. The van der Waals surface area contributed by atoms with Gasteiger partial charge in [0.25, 0.3) is 0 Å². The number of amides is 1. The van der Waals surface area contributed by atoms with Crippen LogP contribution < -0.4 is 5.32 Å². The Labute approximate surface area is 106 Å². The highest BCUT2D eigenvalue weighted by Crippen LogP contribution is 2.14. The zero-order valence-corrected chi connectivity index (χ0v) is 12.0. The van der Waals surface area contributed by atoms with Crippen molar-refractivity contribution in [2.75, 3.05) is 6.54 Å². The van der Waals surface area contributed by atoms with Crippen LogP contribution in [0.2, 0.25) is 0 Å². The van der Waals surface area contributed by atoms with Crippen molar-refractivity contribution in [1.82, 2.24) is 5.32 Å². The molecular formula is C14H29NO2. The van der Waals surface area contributed by atoms with E-state index in [4.69, 9.17) is 0 Å². The van der Waals surface area contributed by atoms with Crippen molar-refractivity contribution in [3.63, 3.8) is 0 Å². The fourth-order valence-corrected chi connectivity index (χ4v) is 1.82. The topological polar surface area (TPSA) is 49.3 Å². The van der Waals surface area contributed by atoms with E-state index < -0.39 is 6.10 Å². The predicted molar refractivity (Wildman–Crippen MR) is 71.7 cm³/mol. The molecule has 3 heteroatoms. The molecule has 2 N–H and O–H groups in total. The molecule has 3 nitrogen and oxygen atoms in total. The van der Waals surface area contributed by atoms with Crippen molar-refractivity contribution in [2.45, 2.75) is 60.0 Å². The molecule has 2 atom stereocenters. The molecule has 0 spiro atoms. The van der Waals surface area contributed by atoms with E-state index in [1.165, 1.54) is 0 Å². The van der Waals surface area contributed by atoms with E-state index in [2.05, 4.69) is 39.9 Å². The van der Waals surface area contributed by atoms with Crippen LogP contribution in [0.15, 0.2) is 0 Å². The number of aliphatic hydroxyl groups excluding tert-OH is 1. The Bertz CT molecular complexity index is 212. The van der Waals surface area contributed by atoms with Crippen molar-refractivity contribution in [3.8, 4) is 0 Å². The molecule has 0 bridgehead atoms. The number of nitrogens with one attached hydrogen (secondary N) is 1. The zero-order chi connectivity index (χ0) is 13.4. The van der Waals surface area contributed by atoms with Gasteiger partial charge in [-0.3, -0.25) is 4.79 Å². The number of carbonyl (C=O) groups is 1. The first kappa shape index (κ1) is 16.4. The fraction of sp³-hybridized carbons (Fsp3) is 0.929. The van der Waals surface area contributed by atoms with Gasteiger partial charge in [0.05, 0.1) is 6.10 Å². The maximum absolute atomic E-state index is 11.6. The Kier molecular flexibility index (Phi) is 8.23. The first-order valence-electron chi connectivity index (χ1n) is 6.87. The number of hydrogen-bond donors (Lipinski definition) is 2.